The van der Waals surface area contributed by atoms with E-state index in [2.05, 4.69) is 222 Å². The van der Waals surface area contributed by atoms with Gasteiger partial charge in [0.2, 0.25) is 0 Å². The highest BCUT2D eigenvalue weighted by Crippen LogP contribution is 2.43. The maximum Gasteiger partial charge on any atom is 0.159 e. The molecule has 3 heterocycles. The van der Waals surface area contributed by atoms with Gasteiger partial charge in [-0.2, -0.15) is 0 Å². The van der Waals surface area contributed by atoms with Gasteiger partial charge in [-0.15, -0.1) is 0 Å². The first-order chi connectivity index (χ1) is 33.7. The van der Waals surface area contributed by atoms with Crippen LogP contribution in [0.4, 0.5) is 0 Å². The van der Waals surface area contributed by atoms with E-state index >= 15 is 0 Å². The number of benzene rings is 12. The number of amidine groups is 2. The summed E-state index contributed by atoms with van der Waals surface area (Å²) >= 11 is 0. The molecule has 5 nitrogen and oxygen atoms in total. The molecule has 12 aromatic carbocycles. The third-order valence-electron chi connectivity index (χ3n) is 14.3. The minimum absolute atomic E-state index is 0.469. The van der Waals surface area contributed by atoms with Crippen molar-refractivity contribution in [1.29, 1.82) is 0 Å². The summed E-state index contributed by atoms with van der Waals surface area (Å²) in [5, 5.41) is 22.5. The fourth-order valence-electron chi connectivity index (χ4n) is 11.2. The Balaban J connectivity index is 1.05. The highest BCUT2D eigenvalue weighted by atomic mass is 16.3. The summed E-state index contributed by atoms with van der Waals surface area (Å²) in [5.41, 5.74) is 7.79. The quantitative estimate of drug-likeness (QED) is 0.179. The van der Waals surface area contributed by atoms with Crippen LogP contribution in [0.3, 0.4) is 0 Å². The van der Waals surface area contributed by atoms with Crippen molar-refractivity contribution < 1.29 is 4.42 Å². The molecule has 0 spiro atoms. The molecule has 1 aliphatic heterocycles. The summed E-state index contributed by atoms with van der Waals surface area (Å²) in [5.74, 6) is 1.41. The van der Waals surface area contributed by atoms with Crippen molar-refractivity contribution in [2.45, 2.75) is 6.17 Å². The molecular weight excluding hydrogens is 829 g/mol. The van der Waals surface area contributed by atoms with E-state index in [-0.39, 0.29) is 0 Å². The Morgan fingerprint density at radius 3 is 1.54 bits per heavy atom. The molecule has 68 heavy (non-hydrogen) atoms. The molecule has 0 radical (unpaired) electrons. The van der Waals surface area contributed by atoms with Gasteiger partial charge in [0.05, 0.1) is 16.7 Å². The van der Waals surface area contributed by atoms with Crippen LogP contribution >= 0.6 is 0 Å². The first-order valence-electron chi connectivity index (χ1n) is 23.2. The second kappa shape index (κ2) is 14.2. The van der Waals surface area contributed by atoms with Gasteiger partial charge in [-0.25, -0.2) is 9.98 Å². The van der Waals surface area contributed by atoms with Gasteiger partial charge in [0.1, 0.15) is 17.6 Å². The summed E-state index contributed by atoms with van der Waals surface area (Å²) in [6.07, 6.45) is -0.469. The normalized spacial score (nSPS) is 14.3. The molecule has 0 bridgehead atoms. The Bertz CT molecular complexity index is 4460. The van der Waals surface area contributed by atoms with Gasteiger partial charge in [0.15, 0.2) is 11.4 Å². The van der Waals surface area contributed by atoms with Crippen LogP contribution in [0, 0.1) is 0 Å². The van der Waals surface area contributed by atoms with E-state index in [0.717, 1.165) is 77.3 Å². The summed E-state index contributed by atoms with van der Waals surface area (Å²) in [4.78, 5) is 11.3. The molecule has 0 aliphatic carbocycles. The molecule has 316 valence electrons. The lowest BCUT2D eigenvalue weighted by molar-refractivity contribution is 0.666. The predicted octanol–water partition coefficient (Wildman–Crippen LogP) is 16.1. The smallest absolute Gasteiger partial charge is 0.159 e. The second-order valence-electron chi connectivity index (χ2n) is 18.1. The van der Waals surface area contributed by atoms with Gasteiger partial charge in [0.25, 0.3) is 0 Å². The fraction of sp³-hybridized carbons (Fsp3) is 0.0159. The van der Waals surface area contributed by atoms with Gasteiger partial charge in [-0.05, 0) is 119 Å². The number of nitrogens with one attached hydrogen (secondary N) is 1. The number of para-hydroxylation sites is 1. The summed E-state index contributed by atoms with van der Waals surface area (Å²) in [6, 6.07) is 78.7. The molecule has 0 saturated carbocycles. The third-order valence-corrected chi connectivity index (χ3v) is 14.3. The van der Waals surface area contributed by atoms with Crippen LogP contribution in [-0.2, 0) is 0 Å². The molecule has 1 aliphatic rings. The zero-order chi connectivity index (χ0) is 44.5. The van der Waals surface area contributed by atoms with E-state index < -0.39 is 6.17 Å². The minimum atomic E-state index is -0.469. The fourth-order valence-corrected chi connectivity index (χ4v) is 11.2. The number of furan rings is 1. The van der Waals surface area contributed by atoms with E-state index in [0.29, 0.717) is 5.84 Å². The average molecular weight is 867 g/mol. The molecule has 14 aromatic rings. The van der Waals surface area contributed by atoms with Crippen LogP contribution in [0.2, 0.25) is 0 Å². The Morgan fingerprint density at radius 1 is 0.397 bits per heavy atom. The molecule has 0 saturated heterocycles. The Kier molecular flexibility index (Phi) is 7.78. The van der Waals surface area contributed by atoms with E-state index in [1.54, 1.807) is 0 Å². The highest BCUT2D eigenvalue weighted by molar-refractivity contribution is 6.24. The zero-order valence-electron chi connectivity index (χ0n) is 36.6. The molecule has 2 aromatic heterocycles. The highest BCUT2D eigenvalue weighted by Gasteiger charge is 2.27. The number of aromatic nitrogens is 1. The van der Waals surface area contributed by atoms with Crippen molar-refractivity contribution in [2.75, 3.05) is 0 Å². The molecular formula is C63H38N4O. The van der Waals surface area contributed by atoms with Crippen LogP contribution in [-0.4, -0.2) is 16.2 Å². The third kappa shape index (κ3) is 5.50. The Hall–Kier alpha value is -9.06. The summed E-state index contributed by atoms with van der Waals surface area (Å²) in [6.45, 7) is 0. The van der Waals surface area contributed by atoms with Crippen molar-refractivity contribution in [3.63, 3.8) is 0 Å². The standard InChI is InChI=1S/C63H38N4O/c1-3-17-39-34-56-51(29-37(39)15-1)52-30-38-16-2-4-18-40(38)35-57(52)67(56)58-36-43(33-53-50-27-13-14-28-59(50)68-60(53)58)61-64-62(54-31-41-19-5-7-21-44(41)46-23-9-11-25-48(46)54)66-63(65-61)55-32-42-20-6-8-22-45(42)47-24-10-12-26-49(47)55/h1-36,62H,(H,64,65,66). The number of rotatable bonds is 4. The van der Waals surface area contributed by atoms with E-state index in [1.807, 2.05) is 6.07 Å². The first-order valence-corrected chi connectivity index (χ1v) is 23.2. The first kappa shape index (κ1) is 37.2. The number of nitrogens with zero attached hydrogens (tertiary/aromatic N) is 3. The number of fused-ring (bicyclic) bond motifs is 14. The lowest BCUT2D eigenvalue weighted by Crippen LogP contribution is -2.34. The molecule has 0 amide bonds. The van der Waals surface area contributed by atoms with Gasteiger partial charge >= 0.3 is 0 Å². The lowest BCUT2D eigenvalue weighted by atomic mass is 9.94. The van der Waals surface area contributed by atoms with Crippen molar-refractivity contribution in [3.8, 4) is 5.69 Å². The van der Waals surface area contributed by atoms with Gasteiger partial charge in [-0.1, -0.05) is 164 Å². The number of hydrogen-bond acceptors (Lipinski definition) is 4. The van der Waals surface area contributed by atoms with Crippen LogP contribution in [0.25, 0.3) is 114 Å². The Labute approximate surface area is 389 Å². The van der Waals surface area contributed by atoms with Crippen LogP contribution in [0.5, 0.6) is 0 Å². The van der Waals surface area contributed by atoms with E-state index in [9.17, 15) is 0 Å². The topological polar surface area (TPSA) is 54.8 Å². The largest absolute Gasteiger partial charge is 0.454 e. The molecule has 0 fully saturated rings. The maximum atomic E-state index is 6.97. The molecule has 1 atom stereocenters. The molecule has 1 N–H and O–H groups in total. The Morgan fingerprint density at radius 2 is 0.897 bits per heavy atom. The van der Waals surface area contributed by atoms with E-state index in [1.165, 1.54) is 59.2 Å². The molecule has 1 unspecified atom stereocenters. The number of aliphatic imine (C=N–C) groups is 2. The van der Waals surface area contributed by atoms with Crippen LogP contribution < -0.4 is 5.32 Å². The van der Waals surface area contributed by atoms with Crippen LogP contribution in [0.15, 0.2) is 233 Å². The average Bonchev–Trinajstić information content (AvgIpc) is 3.93. The van der Waals surface area contributed by atoms with Crippen molar-refractivity contribution in [1.82, 2.24) is 9.88 Å². The van der Waals surface area contributed by atoms with Gasteiger partial charge in [0, 0.05) is 38.2 Å². The zero-order valence-corrected chi connectivity index (χ0v) is 36.6. The number of hydrogen-bond donors (Lipinski definition) is 1. The van der Waals surface area contributed by atoms with Crippen LogP contribution in [0.1, 0.15) is 22.9 Å². The summed E-state index contributed by atoms with van der Waals surface area (Å²) < 4.78 is 9.38. The van der Waals surface area contributed by atoms with Gasteiger partial charge in [-0.3, -0.25) is 0 Å². The van der Waals surface area contributed by atoms with Crippen molar-refractivity contribution in [3.05, 3.63) is 235 Å². The van der Waals surface area contributed by atoms with Crippen molar-refractivity contribution >= 4 is 120 Å². The lowest BCUT2D eigenvalue weighted by Gasteiger charge is -2.26. The minimum Gasteiger partial charge on any atom is -0.454 e. The molecule has 15 rings (SSSR count). The van der Waals surface area contributed by atoms with Gasteiger partial charge < -0.3 is 14.3 Å². The monoisotopic (exact) mass is 866 g/mol. The molecule has 5 heteroatoms. The van der Waals surface area contributed by atoms with Crippen molar-refractivity contribution in [2.24, 2.45) is 9.98 Å². The predicted molar refractivity (Wildman–Crippen MR) is 285 cm³/mol. The second-order valence-corrected chi connectivity index (χ2v) is 18.1. The maximum absolute atomic E-state index is 6.97. The summed E-state index contributed by atoms with van der Waals surface area (Å²) in [7, 11) is 0. The van der Waals surface area contributed by atoms with E-state index in [4.69, 9.17) is 14.4 Å². The SMILES string of the molecule is c1ccc2cc3c(cc2c1)c1cc2ccccc2cc1n3-c1cc(C2=NC(c3cc4ccccc4c4ccccc34)NC(c3cc4ccccc4c4ccccc34)=N2)cc2c1oc1ccccc12.